The average molecular weight is 632 g/mol. The lowest BCUT2D eigenvalue weighted by molar-refractivity contribution is 1.07. The van der Waals surface area contributed by atoms with Gasteiger partial charge in [0.05, 0.1) is 11.0 Å². The van der Waals surface area contributed by atoms with Gasteiger partial charge in [0, 0.05) is 42.1 Å². The van der Waals surface area contributed by atoms with Crippen LogP contribution in [0, 0.1) is 0 Å². The molecule has 6 heteroatoms. The van der Waals surface area contributed by atoms with Gasteiger partial charge >= 0.3 is 0 Å². The van der Waals surface area contributed by atoms with E-state index in [1.165, 1.54) is 10.8 Å². The summed E-state index contributed by atoms with van der Waals surface area (Å²) in [4.78, 5) is 14.5. The summed E-state index contributed by atoms with van der Waals surface area (Å²) in [5, 5.41) is 2.39. The molecule has 39 heavy (non-hydrogen) atoms. The molecule has 0 saturated heterocycles. The van der Waals surface area contributed by atoms with Crippen LogP contribution in [0.4, 0.5) is 0 Å². The van der Waals surface area contributed by atoms with Gasteiger partial charge in [-0.05, 0) is 60.7 Å². The third-order valence-electron chi connectivity index (χ3n) is 6.77. The summed E-state index contributed by atoms with van der Waals surface area (Å²) in [7, 11) is 0. The minimum Gasteiger partial charge on any atom is -0.309 e. The maximum absolute atomic E-state index is 4.87. The Balaban J connectivity index is 1.37. The molecule has 0 radical (unpaired) electrons. The van der Waals surface area contributed by atoms with Gasteiger partial charge in [-0.3, -0.25) is 0 Å². The van der Waals surface area contributed by atoms with E-state index in [-0.39, 0.29) is 0 Å². The first-order valence-corrected chi connectivity index (χ1v) is 14.1. The first-order chi connectivity index (χ1) is 19.1. The van der Waals surface area contributed by atoms with Gasteiger partial charge in [-0.15, -0.1) is 0 Å². The highest BCUT2D eigenvalue weighted by molar-refractivity contribution is 9.10. The molecule has 0 bridgehead atoms. The summed E-state index contributed by atoms with van der Waals surface area (Å²) in [6, 6.07) is 41.4. The van der Waals surface area contributed by atoms with Crippen molar-refractivity contribution in [2.24, 2.45) is 0 Å². The van der Waals surface area contributed by atoms with E-state index in [0.717, 1.165) is 42.4 Å². The SMILES string of the molecule is Brc1ccc2c(c1)c1cc(Br)ccc1n2-c1ccc(-c2nc(-c3ccccc3)nc(-c3ccccc3)n2)cc1. The zero-order chi connectivity index (χ0) is 26.3. The van der Waals surface area contributed by atoms with Crippen molar-refractivity contribution in [1.29, 1.82) is 0 Å². The molecule has 4 nitrogen and oxygen atoms in total. The average Bonchev–Trinajstić information content (AvgIpc) is 3.30. The standard InChI is InChI=1S/C33H20Br2N4/c34-24-13-17-29-27(19-24)28-20-25(35)14-18-30(28)39(29)26-15-11-23(12-16-26)33-37-31(21-7-3-1-4-8-21)36-32(38-33)22-9-5-2-6-10-22/h1-20H. The van der Waals surface area contributed by atoms with Gasteiger partial charge in [0.2, 0.25) is 0 Å². The van der Waals surface area contributed by atoms with Crippen LogP contribution in [0.2, 0.25) is 0 Å². The molecule has 2 heterocycles. The fraction of sp³-hybridized carbons (Fsp3) is 0. The Morgan fingerprint density at radius 2 is 0.846 bits per heavy atom. The van der Waals surface area contributed by atoms with Crippen LogP contribution in [0.1, 0.15) is 0 Å². The van der Waals surface area contributed by atoms with Gasteiger partial charge in [0.15, 0.2) is 17.5 Å². The molecule has 0 spiro atoms. The Morgan fingerprint density at radius 1 is 0.436 bits per heavy atom. The molecule has 0 aliphatic carbocycles. The predicted molar refractivity (Wildman–Crippen MR) is 166 cm³/mol. The Bertz CT molecular complexity index is 1850. The fourth-order valence-electron chi connectivity index (χ4n) is 4.94. The van der Waals surface area contributed by atoms with Gasteiger partial charge in [0.1, 0.15) is 0 Å². The van der Waals surface area contributed by atoms with Crippen molar-refractivity contribution in [2.75, 3.05) is 0 Å². The van der Waals surface area contributed by atoms with Crippen LogP contribution in [-0.2, 0) is 0 Å². The summed E-state index contributed by atoms with van der Waals surface area (Å²) < 4.78 is 4.41. The minimum atomic E-state index is 0.643. The lowest BCUT2D eigenvalue weighted by Gasteiger charge is -2.11. The molecule has 7 aromatic rings. The molecule has 0 N–H and O–H groups in total. The number of aromatic nitrogens is 4. The van der Waals surface area contributed by atoms with Crippen LogP contribution in [-0.4, -0.2) is 19.5 Å². The summed E-state index contributed by atoms with van der Waals surface area (Å²) in [6.45, 7) is 0. The summed E-state index contributed by atoms with van der Waals surface area (Å²) in [6.07, 6.45) is 0. The molecule has 0 saturated carbocycles. The van der Waals surface area contributed by atoms with Gasteiger partial charge < -0.3 is 4.57 Å². The number of fused-ring (bicyclic) bond motifs is 3. The molecule has 0 unspecified atom stereocenters. The van der Waals surface area contributed by atoms with Crippen LogP contribution in [0.25, 0.3) is 61.7 Å². The van der Waals surface area contributed by atoms with Gasteiger partial charge in [-0.25, -0.2) is 15.0 Å². The Labute approximate surface area is 242 Å². The van der Waals surface area contributed by atoms with E-state index >= 15 is 0 Å². The van der Waals surface area contributed by atoms with Crippen LogP contribution in [0.3, 0.4) is 0 Å². The van der Waals surface area contributed by atoms with E-state index in [2.05, 4.69) is 97.1 Å². The summed E-state index contributed by atoms with van der Waals surface area (Å²) in [5.41, 5.74) is 6.22. The topological polar surface area (TPSA) is 43.6 Å². The van der Waals surface area contributed by atoms with Crippen molar-refractivity contribution in [3.8, 4) is 39.9 Å². The van der Waals surface area contributed by atoms with Crippen molar-refractivity contribution in [3.63, 3.8) is 0 Å². The van der Waals surface area contributed by atoms with Crippen molar-refractivity contribution >= 4 is 53.7 Å². The number of nitrogens with zero attached hydrogens (tertiary/aromatic N) is 4. The number of halogens is 2. The zero-order valence-corrected chi connectivity index (χ0v) is 23.8. The molecule has 0 atom stereocenters. The molecule has 0 aliphatic heterocycles. The molecule has 0 aliphatic rings. The van der Waals surface area contributed by atoms with Crippen LogP contribution < -0.4 is 0 Å². The van der Waals surface area contributed by atoms with Gasteiger partial charge in [-0.1, -0.05) is 92.5 Å². The lowest BCUT2D eigenvalue weighted by atomic mass is 10.1. The second kappa shape index (κ2) is 9.88. The first kappa shape index (κ1) is 23.9. The van der Waals surface area contributed by atoms with E-state index in [1.54, 1.807) is 0 Å². The molecule has 0 fully saturated rings. The second-order valence-corrected chi connectivity index (χ2v) is 11.1. The Kier molecular flexibility index (Phi) is 6.06. The van der Waals surface area contributed by atoms with Crippen molar-refractivity contribution < 1.29 is 0 Å². The third kappa shape index (κ3) is 4.46. The molecule has 186 valence electrons. The number of hydrogen-bond donors (Lipinski definition) is 0. The highest BCUT2D eigenvalue weighted by Crippen LogP contribution is 2.35. The van der Waals surface area contributed by atoms with Gasteiger partial charge in [-0.2, -0.15) is 0 Å². The third-order valence-corrected chi connectivity index (χ3v) is 7.76. The Hall–Kier alpha value is -4.13. The van der Waals surface area contributed by atoms with E-state index in [0.29, 0.717) is 17.5 Å². The molecule has 7 rings (SSSR count). The van der Waals surface area contributed by atoms with E-state index in [4.69, 9.17) is 15.0 Å². The normalized spacial score (nSPS) is 11.3. The van der Waals surface area contributed by atoms with Crippen LogP contribution >= 0.6 is 31.9 Å². The minimum absolute atomic E-state index is 0.643. The Morgan fingerprint density at radius 3 is 1.28 bits per heavy atom. The van der Waals surface area contributed by atoms with Crippen molar-refractivity contribution in [2.45, 2.75) is 0 Å². The molecular weight excluding hydrogens is 612 g/mol. The summed E-state index contributed by atoms with van der Waals surface area (Å²) >= 11 is 7.29. The quantitative estimate of drug-likeness (QED) is 0.194. The summed E-state index contributed by atoms with van der Waals surface area (Å²) in [5.74, 6) is 1.95. The lowest BCUT2D eigenvalue weighted by Crippen LogP contribution is -2.00. The van der Waals surface area contributed by atoms with Crippen LogP contribution in [0.5, 0.6) is 0 Å². The number of benzene rings is 5. The predicted octanol–water partition coefficient (Wildman–Crippen LogP) is 9.49. The van der Waals surface area contributed by atoms with E-state index in [1.807, 2.05) is 60.7 Å². The first-order valence-electron chi connectivity index (χ1n) is 12.5. The smallest absolute Gasteiger partial charge is 0.164 e. The molecule has 2 aromatic heterocycles. The maximum atomic E-state index is 4.87. The molecular formula is C33H20Br2N4. The fourth-order valence-corrected chi connectivity index (χ4v) is 5.67. The monoisotopic (exact) mass is 630 g/mol. The molecule has 5 aromatic carbocycles. The van der Waals surface area contributed by atoms with Crippen molar-refractivity contribution in [1.82, 2.24) is 19.5 Å². The van der Waals surface area contributed by atoms with Crippen molar-refractivity contribution in [3.05, 3.63) is 130 Å². The molecule has 0 amide bonds. The van der Waals surface area contributed by atoms with Gasteiger partial charge in [0.25, 0.3) is 0 Å². The second-order valence-electron chi connectivity index (χ2n) is 9.24. The van der Waals surface area contributed by atoms with E-state index in [9.17, 15) is 0 Å². The van der Waals surface area contributed by atoms with Crippen LogP contribution in [0.15, 0.2) is 130 Å². The van der Waals surface area contributed by atoms with E-state index < -0.39 is 0 Å². The number of hydrogen-bond acceptors (Lipinski definition) is 3. The highest BCUT2D eigenvalue weighted by atomic mass is 79.9. The highest BCUT2D eigenvalue weighted by Gasteiger charge is 2.15. The largest absolute Gasteiger partial charge is 0.309 e. The zero-order valence-electron chi connectivity index (χ0n) is 20.6. The maximum Gasteiger partial charge on any atom is 0.164 e. The number of rotatable bonds is 4.